The second-order valence-corrected chi connectivity index (χ2v) is 4.88. The van der Waals surface area contributed by atoms with Gasteiger partial charge in [-0.2, -0.15) is 0 Å². The van der Waals surface area contributed by atoms with Crippen molar-refractivity contribution in [1.29, 1.82) is 0 Å². The molecular formula is C13H19N3O2. The lowest BCUT2D eigenvalue weighted by molar-refractivity contribution is 0.0934. The Kier molecular flexibility index (Phi) is 3.81. The fraction of sp³-hybridized carbons (Fsp3) is 0.538. The number of rotatable bonds is 5. The maximum atomic E-state index is 11.8. The van der Waals surface area contributed by atoms with Crippen molar-refractivity contribution in [2.24, 2.45) is 0 Å². The third-order valence-corrected chi connectivity index (χ3v) is 3.39. The van der Waals surface area contributed by atoms with Gasteiger partial charge in [-0.25, -0.2) is 0 Å². The van der Waals surface area contributed by atoms with E-state index in [2.05, 4.69) is 29.2 Å². The maximum Gasteiger partial charge on any atom is 0.267 e. The van der Waals surface area contributed by atoms with Gasteiger partial charge in [-0.3, -0.25) is 14.5 Å². The van der Waals surface area contributed by atoms with Crippen LogP contribution in [-0.2, 0) is 0 Å². The van der Waals surface area contributed by atoms with Crippen molar-refractivity contribution < 1.29 is 4.79 Å². The van der Waals surface area contributed by atoms with E-state index in [1.165, 1.54) is 18.9 Å². The quantitative estimate of drug-likeness (QED) is 0.802. The fourth-order valence-corrected chi connectivity index (χ4v) is 1.90. The normalized spacial score (nSPS) is 16.6. The number of nitrogens with zero attached hydrogens (tertiary/aromatic N) is 1. The summed E-state index contributed by atoms with van der Waals surface area (Å²) in [5, 5.41) is 2.84. The number of pyridine rings is 1. The van der Waals surface area contributed by atoms with E-state index in [0.29, 0.717) is 24.3 Å². The molecule has 2 rings (SSSR count). The van der Waals surface area contributed by atoms with E-state index < -0.39 is 0 Å². The molecule has 1 atom stereocenters. The third-order valence-electron chi connectivity index (χ3n) is 3.39. The number of aromatic amines is 1. The van der Waals surface area contributed by atoms with Crippen LogP contribution in [0, 0.1) is 0 Å². The zero-order valence-corrected chi connectivity index (χ0v) is 10.8. The van der Waals surface area contributed by atoms with Gasteiger partial charge in [0.15, 0.2) is 0 Å². The molecule has 0 saturated heterocycles. The molecule has 0 radical (unpaired) electrons. The lowest BCUT2D eigenvalue weighted by Gasteiger charge is -2.24. The average molecular weight is 249 g/mol. The van der Waals surface area contributed by atoms with E-state index in [1.54, 1.807) is 12.1 Å². The lowest BCUT2D eigenvalue weighted by atomic mass is 10.2. The van der Waals surface area contributed by atoms with E-state index in [-0.39, 0.29) is 11.5 Å². The Labute approximate surface area is 106 Å². The van der Waals surface area contributed by atoms with Gasteiger partial charge in [0.2, 0.25) is 5.56 Å². The van der Waals surface area contributed by atoms with Gasteiger partial charge >= 0.3 is 0 Å². The molecule has 0 aromatic carbocycles. The molecule has 1 aliphatic rings. The van der Waals surface area contributed by atoms with E-state index in [9.17, 15) is 9.59 Å². The van der Waals surface area contributed by atoms with Crippen molar-refractivity contribution in [3.63, 3.8) is 0 Å². The largest absolute Gasteiger partial charge is 0.349 e. The molecule has 98 valence electrons. The van der Waals surface area contributed by atoms with Crippen LogP contribution in [0.4, 0.5) is 0 Å². The van der Waals surface area contributed by atoms with Crippen LogP contribution in [0.5, 0.6) is 0 Å². The highest BCUT2D eigenvalue weighted by Gasteiger charge is 2.29. The molecule has 1 amide bonds. The Morgan fingerprint density at radius 2 is 2.28 bits per heavy atom. The van der Waals surface area contributed by atoms with Crippen molar-refractivity contribution in [3.8, 4) is 0 Å². The van der Waals surface area contributed by atoms with Crippen LogP contribution in [0.1, 0.15) is 30.3 Å². The molecular weight excluding hydrogens is 230 g/mol. The van der Waals surface area contributed by atoms with Crippen molar-refractivity contribution in [3.05, 3.63) is 34.2 Å². The predicted molar refractivity (Wildman–Crippen MR) is 69.6 cm³/mol. The summed E-state index contributed by atoms with van der Waals surface area (Å²) in [7, 11) is 2.08. The molecule has 1 saturated carbocycles. The first-order valence-electron chi connectivity index (χ1n) is 6.27. The molecule has 5 heteroatoms. The molecule has 0 spiro atoms. The first kappa shape index (κ1) is 12.8. The molecule has 1 fully saturated rings. The number of amides is 1. The highest BCUT2D eigenvalue weighted by atomic mass is 16.2. The van der Waals surface area contributed by atoms with Crippen molar-refractivity contribution in [2.75, 3.05) is 13.6 Å². The van der Waals surface area contributed by atoms with Gasteiger partial charge < -0.3 is 10.3 Å². The van der Waals surface area contributed by atoms with Gasteiger partial charge in [0.25, 0.3) is 5.91 Å². The van der Waals surface area contributed by atoms with Crippen molar-refractivity contribution in [2.45, 2.75) is 31.8 Å². The first-order valence-corrected chi connectivity index (χ1v) is 6.27. The Morgan fingerprint density at radius 3 is 2.89 bits per heavy atom. The smallest absolute Gasteiger partial charge is 0.267 e. The second-order valence-electron chi connectivity index (χ2n) is 4.88. The van der Waals surface area contributed by atoms with E-state index in [1.807, 2.05) is 0 Å². The van der Waals surface area contributed by atoms with E-state index in [4.69, 9.17) is 0 Å². The van der Waals surface area contributed by atoms with Crippen LogP contribution in [0.15, 0.2) is 23.0 Å². The van der Waals surface area contributed by atoms with Gasteiger partial charge in [0, 0.05) is 24.7 Å². The number of hydrogen-bond acceptors (Lipinski definition) is 3. The van der Waals surface area contributed by atoms with Crippen molar-refractivity contribution in [1.82, 2.24) is 15.2 Å². The van der Waals surface area contributed by atoms with Gasteiger partial charge in [-0.1, -0.05) is 6.07 Å². The number of H-pyrrole nitrogens is 1. The molecule has 0 bridgehead atoms. The Balaban J connectivity index is 1.86. The van der Waals surface area contributed by atoms with Crippen LogP contribution < -0.4 is 10.9 Å². The lowest BCUT2D eigenvalue weighted by Crippen LogP contribution is -2.41. The molecule has 2 N–H and O–H groups in total. The number of carbonyl (C=O) groups is 1. The second kappa shape index (κ2) is 5.35. The minimum atomic E-state index is -0.259. The number of hydrogen-bond donors (Lipinski definition) is 2. The maximum absolute atomic E-state index is 11.8. The molecule has 1 aliphatic carbocycles. The Morgan fingerprint density at radius 1 is 1.56 bits per heavy atom. The molecule has 0 aliphatic heterocycles. The average Bonchev–Trinajstić information content (AvgIpc) is 3.18. The minimum Gasteiger partial charge on any atom is -0.349 e. The molecule has 1 heterocycles. The highest BCUT2D eigenvalue weighted by molar-refractivity contribution is 5.92. The van der Waals surface area contributed by atoms with Gasteiger partial charge in [0.1, 0.15) is 5.69 Å². The summed E-state index contributed by atoms with van der Waals surface area (Å²) in [6, 6.07) is 5.55. The topological polar surface area (TPSA) is 65.2 Å². The fourth-order valence-electron chi connectivity index (χ4n) is 1.90. The zero-order valence-electron chi connectivity index (χ0n) is 10.8. The summed E-state index contributed by atoms with van der Waals surface area (Å²) in [4.78, 5) is 27.7. The minimum absolute atomic E-state index is 0.233. The molecule has 1 unspecified atom stereocenters. The summed E-state index contributed by atoms with van der Waals surface area (Å²) < 4.78 is 0. The van der Waals surface area contributed by atoms with Gasteiger partial charge in [-0.15, -0.1) is 0 Å². The first-order chi connectivity index (χ1) is 8.58. The van der Waals surface area contributed by atoms with Gasteiger partial charge in [-0.05, 0) is 32.9 Å². The summed E-state index contributed by atoms with van der Waals surface area (Å²) in [6.45, 7) is 2.68. The monoisotopic (exact) mass is 249 g/mol. The zero-order chi connectivity index (χ0) is 13.1. The summed E-state index contributed by atoms with van der Waals surface area (Å²) in [6.07, 6.45) is 2.50. The van der Waals surface area contributed by atoms with Crippen LogP contribution in [-0.4, -0.2) is 41.5 Å². The van der Waals surface area contributed by atoms with Crippen LogP contribution >= 0.6 is 0 Å². The Hall–Kier alpha value is -1.62. The predicted octanol–water partition coefficient (Wildman–Crippen LogP) is 0.587. The standard InChI is InChI=1S/C13H19N3O2/c1-9(16(2)10-6-7-10)8-14-13(18)11-4-3-5-12(17)15-11/h3-5,9-10H,6-8H2,1-2H3,(H,14,18)(H,15,17). The van der Waals surface area contributed by atoms with Crippen LogP contribution in [0.25, 0.3) is 0 Å². The van der Waals surface area contributed by atoms with Gasteiger partial charge in [0.05, 0.1) is 0 Å². The number of likely N-dealkylation sites (N-methyl/N-ethyl adjacent to an activating group) is 1. The SMILES string of the molecule is CC(CNC(=O)c1cccc(=O)[nH]1)N(C)C1CC1. The molecule has 18 heavy (non-hydrogen) atoms. The Bertz CT molecular complexity index is 479. The highest BCUT2D eigenvalue weighted by Crippen LogP contribution is 2.26. The van der Waals surface area contributed by atoms with Crippen LogP contribution in [0.2, 0.25) is 0 Å². The van der Waals surface area contributed by atoms with Crippen LogP contribution in [0.3, 0.4) is 0 Å². The third kappa shape index (κ3) is 3.20. The number of aromatic nitrogens is 1. The van der Waals surface area contributed by atoms with E-state index >= 15 is 0 Å². The summed E-state index contributed by atoms with van der Waals surface area (Å²) in [5.74, 6) is -0.233. The molecule has 1 aromatic heterocycles. The van der Waals surface area contributed by atoms with E-state index in [0.717, 1.165) is 0 Å². The number of carbonyl (C=O) groups excluding carboxylic acids is 1. The molecule has 1 aromatic rings. The number of nitrogens with one attached hydrogen (secondary N) is 2. The summed E-state index contributed by atoms with van der Waals surface area (Å²) in [5.41, 5.74) is 0.0505. The van der Waals surface area contributed by atoms with Crippen molar-refractivity contribution >= 4 is 5.91 Å². The molecule has 5 nitrogen and oxygen atoms in total. The summed E-state index contributed by atoms with van der Waals surface area (Å²) >= 11 is 0.